The maximum absolute atomic E-state index is 13.7. The van der Waals surface area contributed by atoms with Gasteiger partial charge in [0.1, 0.15) is 5.82 Å². The summed E-state index contributed by atoms with van der Waals surface area (Å²) in [6.07, 6.45) is 11.1. The van der Waals surface area contributed by atoms with Crippen LogP contribution in [0.2, 0.25) is 0 Å². The van der Waals surface area contributed by atoms with Crippen LogP contribution in [0.3, 0.4) is 0 Å². The standard InChI is InChI=1S/C33H35N5O/c1-18-13-25(18)22-5-3-6-24-29(22)26-15-28(38(2)31(24)39)30-23(26)9-7-20-14-19(8-10-27(20)37-30)21-16-35-32(36-17-21)33(34)11-4-12-33/h3,5-6,8,10,14,16-18,23,25-26,28H,4,7,9,11-13,15,34H2,1-2H3/t18-,23?,25?,26-,28+/m0/s1. The second-order valence-electron chi connectivity index (χ2n) is 12.7. The number of fused-ring (bicyclic) bond motifs is 8. The molecule has 8 rings (SSSR count). The first kappa shape index (κ1) is 23.5. The van der Waals surface area contributed by atoms with Gasteiger partial charge in [0.2, 0.25) is 0 Å². The Kier molecular flexibility index (Phi) is 5.01. The number of aromatic nitrogens is 2. The number of carbonyl (C=O) groups excluding carboxylic acids is 1. The Morgan fingerprint density at radius 1 is 1.00 bits per heavy atom. The SMILES string of the molecule is C[C@H]1CC1c1cccc2c1[C@H]1C[C@H](C3=Nc4ccc(-c5cnc(C6(N)CCC6)nc5)cc4CCC31)N(C)C2=O. The van der Waals surface area contributed by atoms with E-state index >= 15 is 0 Å². The summed E-state index contributed by atoms with van der Waals surface area (Å²) in [6.45, 7) is 2.33. The van der Waals surface area contributed by atoms with Crippen LogP contribution in [0.4, 0.5) is 5.69 Å². The van der Waals surface area contributed by atoms with E-state index in [4.69, 9.17) is 10.7 Å². The third kappa shape index (κ3) is 3.50. The minimum atomic E-state index is -0.346. The zero-order chi connectivity index (χ0) is 26.5. The molecule has 2 aromatic carbocycles. The molecule has 198 valence electrons. The average Bonchev–Trinajstić information content (AvgIpc) is 3.64. The lowest BCUT2D eigenvalue weighted by atomic mass is 9.77. The Labute approximate surface area is 229 Å². The molecule has 6 heteroatoms. The number of aryl methyl sites for hydroxylation is 1. The van der Waals surface area contributed by atoms with Gasteiger partial charge in [-0.25, -0.2) is 9.97 Å². The molecule has 3 heterocycles. The molecule has 3 saturated carbocycles. The topological polar surface area (TPSA) is 84.5 Å². The van der Waals surface area contributed by atoms with Gasteiger partial charge in [0, 0.05) is 42.2 Å². The molecule has 1 amide bonds. The van der Waals surface area contributed by atoms with Crippen molar-refractivity contribution in [2.24, 2.45) is 22.6 Å². The van der Waals surface area contributed by atoms with Crippen LogP contribution >= 0.6 is 0 Å². The molecular formula is C33H35N5O. The molecule has 2 aliphatic heterocycles. The van der Waals surface area contributed by atoms with Crippen LogP contribution in [0.25, 0.3) is 11.1 Å². The molecule has 5 aliphatic rings. The van der Waals surface area contributed by atoms with Gasteiger partial charge in [0.15, 0.2) is 0 Å². The van der Waals surface area contributed by atoms with Crippen molar-refractivity contribution in [1.82, 2.24) is 14.9 Å². The largest absolute Gasteiger partial charge is 0.333 e. The van der Waals surface area contributed by atoms with E-state index < -0.39 is 0 Å². The van der Waals surface area contributed by atoms with Crippen molar-refractivity contribution in [2.75, 3.05) is 7.05 Å². The fraction of sp³-hybridized carbons (Fsp3) is 0.455. The monoisotopic (exact) mass is 517 g/mol. The minimum absolute atomic E-state index is 0.0611. The molecule has 5 atom stereocenters. The summed E-state index contributed by atoms with van der Waals surface area (Å²) in [6, 6.07) is 13.1. The van der Waals surface area contributed by atoms with Crippen molar-refractivity contribution in [3.8, 4) is 11.1 Å². The summed E-state index contributed by atoms with van der Waals surface area (Å²) in [5, 5.41) is 0. The highest BCUT2D eigenvalue weighted by atomic mass is 16.2. The van der Waals surface area contributed by atoms with Crippen molar-refractivity contribution in [2.45, 2.75) is 75.3 Å². The Hall–Kier alpha value is -3.38. The minimum Gasteiger partial charge on any atom is -0.333 e. The number of benzene rings is 2. The highest BCUT2D eigenvalue weighted by Crippen LogP contribution is 2.55. The van der Waals surface area contributed by atoms with Crippen LogP contribution in [0, 0.1) is 11.8 Å². The molecule has 2 unspecified atom stereocenters. The third-order valence-electron chi connectivity index (χ3n) is 10.5. The number of carbonyl (C=O) groups is 1. The van der Waals surface area contributed by atoms with Gasteiger partial charge in [-0.05, 0) is 103 Å². The second-order valence-corrected chi connectivity index (χ2v) is 12.7. The summed E-state index contributed by atoms with van der Waals surface area (Å²) in [4.78, 5) is 30.3. The molecule has 6 nitrogen and oxygen atoms in total. The normalized spacial score (nSPS) is 29.8. The van der Waals surface area contributed by atoms with Gasteiger partial charge in [-0.1, -0.05) is 25.1 Å². The highest BCUT2D eigenvalue weighted by molar-refractivity contribution is 6.06. The highest BCUT2D eigenvalue weighted by Gasteiger charge is 2.50. The van der Waals surface area contributed by atoms with E-state index in [9.17, 15) is 4.79 Å². The summed E-state index contributed by atoms with van der Waals surface area (Å²) in [5.74, 6) is 2.92. The van der Waals surface area contributed by atoms with Crippen molar-refractivity contribution >= 4 is 17.3 Å². The van der Waals surface area contributed by atoms with Gasteiger partial charge in [-0.2, -0.15) is 0 Å². The maximum atomic E-state index is 13.7. The molecular weight excluding hydrogens is 482 g/mol. The van der Waals surface area contributed by atoms with E-state index in [1.54, 1.807) is 0 Å². The molecule has 0 saturated heterocycles. The second kappa shape index (κ2) is 8.31. The summed E-state index contributed by atoms with van der Waals surface area (Å²) < 4.78 is 0. The first-order chi connectivity index (χ1) is 18.9. The fourth-order valence-corrected chi connectivity index (χ4v) is 7.79. The van der Waals surface area contributed by atoms with E-state index in [-0.39, 0.29) is 17.5 Å². The summed E-state index contributed by atoms with van der Waals surface area (Å²) >= 11 is 0. The maximum Gasteiger partial charge on any atom is 0.254 e. The molecule has 1 aromatic heterocycles. The van der Waals surface area contributed by atoms with Gasteiger partial charge in [-0.15, -0.1) is 0 Å². The zero-order valence-corrected chi connectivity index (χ0v) is 22.7. The quantitative estimate of drug-likeness (QED) is 0.470. The number of aliphatic imine (C=N–C) groups is 1. The number of hydrogen-bond acceptors (Lipinski definition) is 5. The lowest BCUT2D eigenvalue weighted by molar-refractivity contribution is 0.0776. The molecule has 2 bridgehead atoms. The van der Waals surface area contributed by atoms with Gasteiger partial charge >= 0.3 is 0 Å². The van der Waals surface area contributed by atoms with Gasteiger partial charge in [0.05, 0.1) is 17.3 Å². The smallest absolute Gasteiger partial charge is 0.254 e. The van der Waals surface area contributed by atoms with Crippen LogP contribution in [-0.2, 0) is 12.0 Å². The Balaban J connectivity index is 1.15. The number of nitrogens with two attached hydrogens (primary N) is 1. The van der Waals surface area contributed by atoms with E-state index in [2.05, 4.69) is 53.3 Å². The van der Waals surface area contributed by atoms with Crippen LogP contribution in [0.15, 0.2) is 53.8 Å². The summed E-state index contributed by atoms with van der Waals surface area (Å²) in [7, 11) is 1.98. The number of hydrogen-bond donors (Lipinski definition) is 1. The van der Waals surface area contributed by atoms with Crippen LogP contribution in [0.5, 0.6) is 0 Å². The van der Waals surface area contributed by atoms with E-state index in [1.807, 2.05) is 24.3 Å². The summed E-state index contributed by atoms with van der Waals surface area (Å²) in [5.41, 5.74) is 15.4. The molecule has 3 fully saturated rings. The number of rotatable bonds is 3. The molecule has 3 aromatic rings. The van der Waals surface area contributed by atoms with E-state index in [1.165, 1.54) is 28.8 Å². The van der Waals surface area contributed by atoms with Gasteiger partial charge in [-0.3, -0.25) is 9.79 Å². The third-order valence-corrected chi connectivity index (χ3v) is 10.5. The predicted molar refractivity (Wildman–Crippen MR) is 152 cm³/mol. The number of nitrogens with zero attached hydrogens (tertiary/aromatic N) is 4. The van der Waals surface area contributed by atoms with Gasteiger partial charge in [0.25, 0.3) is 5.91 Å². The fourth-order valence-electron chi connectivity index (χ4n) is 7.79. The average molecular weight is 518 g/mol. The Morgan fingerprint density at radius 3 is 2.51 bits per heavy atom. The Bertz CT molecular complexity index is 1540. The number of amides is 1. The van der Waals surface area contributed by atoms with Gasteiger partial charge < -0.3 is 10.6 Å². The van der Waals surface area contributed by atoms with Crippen molar-refractivity contribution in [3.05, 3.63) is 76.9 Å². The van der Waals surface area contributed by atoms with E-state index in [0.29, 0.717) is 23.7 Å². The zero-order valence-electron chi connectivity index (χ0n) is 22.7. The lowest BCUT2D eigenvalue weighted by Crippen LogP contribution is -2.44. The van der Waals surface area contributed by atoms with Crippen molar-refractivity contribution in [3.63, 3.8) is 0 Å². The molecule has 0 radical (unpaired) electrons. The first-order valence-electron chi connectivity index (χ1n) is 14.6. The molecule has 39 heavy (non-hydrogen) atoms. The molecule has 2 N–H and O–H groups in total. The predicted octanol–water partition coefficient (Wildman–Crippen LogP) is 5.88. The molecule has 0 spiro atoms. The Morgan fingerprint density at radius 2 is 1.79 bits per heavy atom. The lowest BCUT2D eigenvalue weighted by Gasteiger charge is -2.36. The van der Waals surface area contributed by atoms with Crippen LogP contribution < -0.4 is 5.73 Å². The van der Waals surface area contributed by atoms with E-state index in [0.717, 1.165) is 66.7 Å². The van der Waals surface area contributed by atoms with Crippen LogP contribution in [-0.4, -0.2) is 39.6 Å². The first-order valence-corrected chi connectivity index (χ1v) is 14.6. The van der Waals surface area contributed by atoms with Crippen molar-refractivity contribution in [1.29, 1.82) is 0 Å². The van der Waals surface area contributed by atoms with Crippen molar-refractivity contribution < 1.29 is 4.79 Å². The molecule has 3 aliphatic carbocycles. The van der Waals surface area contributed by atoms with Crippen LogP contribution in [0.1, 0.15) is 90.2 Å².